The summed E-state index contributed by atoms with van der Waals surface area (Å²) < 4.78 is 28.7. The molecule has 0 amide bonds. The van der Waals surface area contributed by atoms with Crippen LogP contribution in [0.4, 0.5) is 0 Å². The fourth-order valence-corrected chi connectivity index (χ4v) is 3.00. The second-order valence-electron chi connectivity index (χ2n) is 4.32. The molecule has 0 fully saturated rings. The van der Waals surface area contributed by atoms with E-state index in [-0.39, 0.29) is 5.97 Å². The van der Waals surface area contributed by atoms with Gasteiger partial charge in [-0.15, -0.1) is 11.3 Å². The van der Waals surface area contributed by atoms with Crippen LogP contribution in [0.2, 0.25) is 0 Å². The number of carbonyl (C=O) groups is 1. The maximum absolute atomic E-state index is 11.1. The second-order valence-corrected chi connectivity index (χ2v) is 7.40. The van der Waals surface area contributed by atoms with Crippen molar-refractivity contribution < 1.29 is 17.9 Å². The third-order valence-electron chi connectivity index (χ3n) is 2.46. The quantitative estimate of drug-likeness (QED) is 0.511. The van der Waals surface area contributed by atoms with Gasteiger partial charge in [-0.05, 0) is 25.1 Å². The summed E-state index contributed by atoms with van der Waals surface area (Å²) in [5.41, 5.74) is 0. The van der Waals surface area contributed by atoms with Gasteiger partial charge in [-0.25, -0.2) is 13.1 Å². The van der Waals surface area contributed by atoms with Gasteiger partial charge in [0.2, 0.25) is 10.0 Å². The number of esters is 1. The third-order valence-corrected chi connectivity index (χ3v) is 4.27. The molecule has 8 heteroatoms. The van der Waals surface area contributed by atoms with E-state index < -0.39 is 10.0 Å². The molecule has 0 saturated heterocycles. The monoisotopic (exact) mass is 320 g/mol. The molecular formula is C12H20N2O4S2. The van der Waals surface area contributed by atoms with E-state index in [0.29, 0.717) is 19.5 Å². The van der Waals surface area contributed by atoms with Gasteiger partial charge < -0.3 is 10.1 Å². The van der Waals surface area contributed by atoms with Crippen LogP contribution in [0.3, 0.4) is 0 Å². The second kappa shape index (κ2) is 8.35. The molecule has 114 valence electrons. The van der Waals surface area contributed by atoms with Gasteiger partial charge in [0, 0.05) is 22.8 Å². The molecule has 0 spiro atoms. The Morgan fingerprint density at radius 2 is 2.00 bits per heavy atom. The van der Waals surface area contributed by atoms with E-state index in [0.717, 1.165) is 29.0 Å². The summed E-state index contributed by atoms with van der Waals surface area (Å²) in [4.78, 5) is 13.2. The first-order valence-corrected chi connectivity index (χ1v) is 8.91. The number of carbonyl (C=O) groups excluding carboxylic acids is 1. The van der Waals surface area contributed by atoms with E-state index in [1.54, 1.807) is 11.3 Å². The average Bonchev–Trinajstić information content (AvgIpc) is 2.79. The summed E-state index contributed by atoms with van der Waals surface area (Å²) in [7, 11) is -1.72. The fraction of sp³-hybridized carbons (Fsp3) is 0.583. The zero-order valence-corrected chi connectivity index (χ0v) is 13.3. The average molecular weight is 320 g/mol. The molecular weight excluding hydrogens is 300 g/mol. The van der Waals surface area contributed by atoms with Crippen molar-refractivity contribution in [3.05, 3.63) is 21.9 Å². The molecule has 0 aliphatic heterocycles. The first kappa shape index (κ1) is 17.1. The Balaban J connectivity index is 2.18. The van der Waals surface area contributed by atoms with Crippen LogP contribution in [-0.4, -0.2) is 40.8 Å². The SMILES string of the molecule is COC(=O)Cc1ccc(CNCCCNS(C)(=O)=O)s1. The lowest BCUT2D eigenvalue weighted by atomic mass is 10.3. The van der Waals surface area contributed by atoms with Crippen LogP contribution in [0, 0.1) is 0 Å². The molecule has 6 nitrogen and oxygen atoms in total. The van der Waals surface area contributed by atoms with Gasteiger partial charge in [-0.1, -0.05) is 0 Å². The van der Waals surface area contributed by atoms with Crippen LogP contribution in [0.15, 0.2) is 12.1 Å². The largest absolute Gasteiger partial charge is 0.469 e. The van der Waals surface area contributed by atoms with Crippen molar-refractivity contribution in [1.82, 2.24) is 10.0 Å². The van der Waals surface area contributed by atoms with Gasteiger partial charge in [0.05, 0.1) is 19.8 Å². The van der Waals surface area contributed by atoms with Crippen LogP contribution >= 0.6 is 11.3 Å². The van der Waals surface area contributed by atoms with Crippen molar-refractivity contribution in [3.63, 3.8) is 0 Å². The van der Waals surface area contributed by atoms with Crippen molar-refractivity contribution in [3.8, 4) is 0 Å². The van der Waals surface area contributed by atoms with Crippen molar-refractivity contribution >= 4 is 27.3 Å². The predicted molar refractivity (Wildman–Crippen MR) is 79.2 cm³/mol. The summed E-state index contributed by atoms with van der Waals surface area (Å²) in [5.74, 6) is -0.238. The van der Waals surface area contributed by atoms with E-state index in [1.807, 2.05) is 12.1 Å². The molecule has 0 saturated carbocycles. The van der Waals surface area contributed by atoms with Crippen LogP contribution in [0.25, 0.3) is 0 Å². The number of hydrogen-bond donors (Lipinski definition) is 2. The molecule has 0 aliphatic rings. The lowest BCUT2D eigenvalue weighted by molar-refractivity contribution is -0.139. The summed E-state index contributed by atoms with van der Waals surface area (Å²) >= 11 is 1.57. The normalized spacial score (nSPS) is 11.5. The minimum Gasteiger partial charge on any atom is -0.469 e. The van der Waals surface area contributed by atoms with Crippen molar-refractivity contribution in [2.75, 3.05) is 26.5 Å². The van der Waals surface area contributed by atoms with E-state index in [9.17, 15) is 13.2 Å². The van der Waals surface area contributed by atoms with E-state index in [2.05, 4.69) is 14.8 Å². The Hall–Kier alpha value is -0.960. The zero-order chi connectivity index (χ0) is 15.0. The van der Waals surface area contributed by atoms with Crippen molar-refractivity contribution in [2.24, 2.45) is 0 Å². The maximum atomic E-state index is 11.1. The van der Waals surface area contributed by atoms with Gasteiger partial charge in [-0.2, -0.15) is 0 Å². The minimum absolute atomic E-state index is 0.238. The molecule has 0 atom stereocenters. The molecule has 0 radical (unpaired) electrons. The van der Waals surface area contributed by atoms with Gasteiger partial charge in [-0.3, -0.25) is 4.79 Å². The molecule has 1 aromatic rings. The van der Waals surface area contributed by atoms with Crippen molar-refractivity contribution in [1.29, 1.82) is 0 Å². The van der Waals surface area contributed by atoms with Crippen LogP contribution in [-0.2, 0) is 32.5 Å². The molecule has 0 aromatic carbocycles. The highest BCUT2D eigenvalue weighted by molar-refractivity contribution is 7.88. The van der Waals surface area contributed by atoms with Gasteiger partial charge >= 0.3 is 5.97 Å². The molecule has 1 rings (SSSR count). The number of ether oxygens (including phenoxy) is 1. The number of hydrogen-bond acceptors (Lipinski definition) is 6. The molecule has 20 heavy (non-hydrogen) atoms. The highest BCUT2D eigenvalue weighted by atomic mass is 32.2. The lowest BCUT2D eigenvalue weighted by Crippen LogP contribution is -2.26. The summed E-state index contributed by atoms with van der Waals surface area (Å²) in [6.45, 7) is 1.88. The maximum Gasteiger partial charge on any atom is 0.310 e. The van der Waals surface area contributed by atoms with E-state index in [1.165, 1.54) is 7.11 Å². The Bertz CT molecular complexity index is 525. The molecule has 0 aliphatic carbocycles. The Labute approximate surface area is 123 Å². The number of nitrogens with one attached hydrogen (secondary N) is 2. The van der Waals surface area contributed by atoms with Gasteiger partial charge in [0.1, 0.15) is 0 Å². The molecule has 1 heterocycles. The molecule has 2 N–H and O–H groups in total. The third kappa shape index (κ3) is 7.59. The predicted octanol–water partition coefficient (Wildman–Crippen LogP) is 0.493. The minimum atomic E-state index is -3.09. The fourth-order valence-electron chi connectivity index (χ4n) is 1.51. The van der Waals surface area contributed by atoms with Crippen molar-refractivity contribution in [2.45, 2.75) is 19.4 Å². The Kier molecular flexibility index (Phi) is 7.14. The van der Waals surface area contributed by atoms with Gasteiger partial charge in [0.15, 0.2) is 0 Å². The molecule has 0 bridgehead atoms. The smallest absolute Gasteiger partial charge is 0.310 e. The Morgan fingerprint density at radius 3 is 2.65 bits per heavy atom. The zero-order valence-electron chi connectivity index (χ0n) is 11.6. The van der Waals surface area contributed by atoms with E-state index >= 15 is 0 Å². The standard InChI is InChI=1S/C12H20N2O4S2/c1-18-12(15)8-10-4-5-11(19-10)9-13-6-3-7-14-20(2,16)17/h4-5,13-14H,3,6-9H2,1-2H3. The number of methoxy groups -OCH3 is 1. The highest BCUT2D eigenvalue weighted by Crippen LogP contribution is 2.17. The highest BCUT2D eigenvalue weighted by Gasteiger charge is 2.06. The first-order chi connectivity index (χ1) is 9.40. The number of rotatable bonds is 9. The Morgan fingerprint density at radius 1 is 1.30 bits per heavy atom. The van der Waals surface area contributed by atoms with Gasteiger partial charge in [0.25, 0.3) is 0 Å². The van der Waals surface area contributed by atoms with Crippen LogP contribution < -0.4 is 10.0 Å². The van der Waals surface area contributed by atoms with Crippen LogP contribution in [0.5, 0.6) is 0 Å². The number of thiophene rings is 1. The number of sulfonamides is 1. The van der Waals surface area contributed by atoms with E-state index in [4.69, 9.17) is 0 Å². The summed E-state index contributed by atoms with van der Waals surface area (Å²) in [6, 6.07) is 3.90. The molecule has 0 unspecified atom stereocenters. The lowest BCUT2D eigenvalue weighted by Gasteiger charge is -2.03. The summed E-state index contributed by atoms with van der Waals surface area (Å²) in [5, 5.41) is 3.23. The topological polar surface area (TPSA) is 84.5 Å². The first-order valence-electron chi connectivity index (χ1n) is 6.20. The summed E-state index contributed by atoms with van der Waals surface area (Å²) in [6.07, 6.45) is 2.18. The molecule has 1 aromatic heterocycles. The van der Waals surface area contributed by atoms with Crippen LogP contribution in [0.1, 0.15) is 16.2 Å².